The maximum atomic E-state index is 12.8. The summed E-state index contributed by atoms with van der Waals surface area (Å²) in [5.41, 5.74) is 1.79. The Balaban J connectivity index is 1.52. The fourth-order valence-electron chi connectivity index (χ4n) is 3.63. The molecule has 0 spiro atoms. The normalized spacial score (nSPS) is 15.7. The summed E-state index contributed by atoms with van der Waals surface area (Å²) in [6, 6.07) is 12.4. The molecule has 30 heavy (non-hydrogen) atoms. The Hall–Kier alpha value is -3.00. The minimum atomic E-state index is -0.303. The van der Waals surface area contributed by atoms with Crippen LogP contribution < -0.4 is 15.0 Å². The number of thioether (sulfide) groups is 1. The molecule has 0 aromatic heterocycles. The number of methoxy groups -OCH3 is 1. The van der Waals surface area contributed by atoms with Crippen molar-refractivity contribution in [1.29, 1.82) is 0 Å². The number of carbonyl (C=O) groups is 3. The van der Waals surface area contributed by atoms with Gasteiger partial charge in [0.1, 0.15) is 12.3 Å². The lowest BCUT2D eigenvalue weighted by Gasteiger charge is -2.29. The van der Waals surface area contributed by atoms with E-state index in [2.05, 4.69) is 5.32 Å². The van der Waals surface area contributed by atoms with Gasteiger partial charge in [-0.2, -0.15) is 0 Å². The number of hydrogen-bond acceptors (Lipinski definition) is 5. The van der Waals surface area contributed by atoms with Gasteiger partial charge in [-0.15, -0.1) is 11.8 Å². The molecular weight excluding hydrogens is 402 g/mol. The molecule has 4 rings (SSSR count). The Morgan fingerprint density at radius 3 is 2.53 bits per heavy atom. The number of hydrogen-bond donors (Lipinski definition) is 1. The lowest BCUT2D eigenvalue weighted by molar-refractivity contribution is -0.120. The molecule has 0 atom stereocenters. The Labute approximate surface area is 179 Å². The zero-order chi connectivity index (χ0) is 21.1. The number of ether oxygens (including phenoxy) is 1. The van der Waals surface area contributed by atoms with Crippen LogP contribution in [-0.2, 0) is 9.59 Å². The van der Waals surface area contributed by atoms with Gasteiger partial charge in [0.15, 0.2) is 0 Å². The molecule has 2 aliphatic rings. The Bertz CT molecular complexity index is 971. The highest BCUT2D eigenvalue weighted by atomic mass is 32.2. The fourth-order valence-corrected chi connectivity index (χ4v) is 4.55. The average Bonchev–Trinajstić information content (AvgIpc) is 3.30. The highest BCUT2D eigenvalue weighted by Gasteiger charge is 2.28. The summed E-state index contributed by atoms with van der Waals surface area (Å²) in [6.07, 6.45) is 2.03. The van der Waals surface area contributed by atoms with Crippen molar-refractivity contribution in [3.8, 4) is 5.75 Å². The van der Waals surface area contributed by atoms with Crippen LogP contribution in [0.1, 0.15) is 23.2 Å². The first-order chi connectivity index (χ1) is 14.5. The Morgan fingerprint density at radius 2 is 1.83 bits per heavy atom. The van der Waals surface area contributed by atoms with Crippen LogP contribution in [0.4, 0.5) is 11.4 Å². The van der Waals surface area contributed by atoms with E-state index in [1.165, 1.54) is 16.7 Å². The molecule has 2 aliphatic heterocycles. The van der Waals surface area contributed by atoms with Gasteiger partial charge in [-0.25, -0.2) is 0 Å². The van der Waals surface area contributed by atoms with Crippen LogP contribution in [0.2, 0.25) is 0 Å². The first-order valence-electron chi connectivity index (χ1n) is 9.85. The van der Waals surface area contributed by atoms with Gasteiger partial charge < -0.3 is 19.9 Å². The Morgan fingerprint density at radius 1 is 1.10 bits per heavy atom. The molecule has 0 radical (unpaired) electrons. The van der Waals surface area contributed by atoms with Gasteiger partial charge in [-0.05, 0) is 55.3 Å². The molecule has 7 nitrogen and oxygen atoms in total. The summed E-state index contributed by atoms with van der Waals surface area (Å²) in [7, 11) is 1.58. The second-order valence-corrected chi connectivity index (χ2v) is 8.24. The molecule has 0 bridgehead atoms. The van der Waals surface area contributed by atoms with E-state index >= 15 is 0 Å². The summed E-state index contributed by atoms with van der Waals surface area (Å²) in [4.78, 5) is 42.1. The zero-order valence-corrected chi connectivity index (χ0v) is 17.5. The first kappa shape index (κ1) is 20.3. The summed E-state index contributed by atoms with van der Waals surface area (Å²) < 4.78 is 5.12. The second kappa shape index (κ2) is 8.79. The highest BCUT2D eigenvalue weighted by molar-refractivity contribution is 8.00. The topological polar surface area (TPSA) is 79.0 Å². The first-order valence-corrected chi connectivity index (χ1v) is 10.8. The third-order valence-corrected chi connectivity index (χ3v) is 6.27. The maximum absolute atomic E-state index is 12.8. The van der Waals surface area contributed by atoms with E-state index in [0.717, 1.165) is 30.8 Å². The van der Waals surface area contributed by atoms with Crippen LogP contribution in [0.25, 0.3) is 0 Å². The average molecular weight is 426 g/mol. The predicted octanol–water partition coefficient (Wildman–Crippen LogP) is 3.01. The van der Waals surface area contributed by atoms with Crippen molar-refractivity contribution in [2.24, 2.45) is 0 Å². The van der Waals surface area contributed by atoms with Gasteiger partial charge in [0, 0.05) is 29.2 Å². The molecule has 2 aromatic rings. The van der Waals surface area contributed by atoms with Crippen molar-refractivity contribution in [2.45, 2.75) is 17.7 Å². The van der Waals surface area contributed by atoms with E-state index < -0.39 is 0 Å². The van der Waals surface area contributed by atoms with Gasteiger partial charge >= 0.3 is 0 Å². The SMILES string of the molecule is COc1ccc(NC(=O)CN2C(=O)CSc3ccc(C(=O)N4CCCC4)cc32)cc1. The number of rotatable bonds is 5. The number of nitrogens with zero attached hydrogens (tertiary/aromatic N) is 2. The largest absolute Gasteiger partial charge is 0.497 e. The van der Waals surface area contributed by atoms with E-state index in [4.69, 9.17) is 4.74 Å². The summed E-state index contributed by atoms with van der Waals surface area (Å²) in [5.74, 6) is 0.481. The maximum Gasteiger partial charge on any atom is 0.253 e. The van der Waals surface area contributed by atoms with Crippen LogP contribution >= 0.6 is 11.8 Å². The fraction of sp³-hybridized carbons (Fsp3) is 0.318. The van der Waals surface area contributed by atoms with Crippen molar-refractivity contribution in [3.05, 3.63) is 48.0 Å². The minimum absolute atomic E-state index is 0.0269. The Kier molecular flexibility index (Phi) is 5.94. The molecule has 2 aromatic carbocycles. The standard InChI is InChI=1S/C22H23N3O4S/c1-29-17-7-5-16(6-8-17)23-20(26)13-25-18-12-15(22(28)24-10-2-3-11-24)4-9-19(18)30-14-21(25)27/h4-9,12H,2-3,10-11,13-14H2,1H3,(H,23,26). The molecule has 0 aliphatic carbocycles. The van der Waals surface area contributed by atoms with Crippen molar-refractivity contribution < 1.29 is 19.1 Å². The number of fused-ring (bicyclic) bond motifs is 1. The monoisotopic (exact) mass is 425 g/mol. The van der Waals surface area contributed by atoms with Crippen molar-refractivity contribution >= 4 is 40.9 Å². The number of nitrogens with one attached hydrogen (secondary N) is 1. The van der Waals surface area contributed by atoms with Crippen molar-refractivity contribution in [2.75, 3.05) is 42.7 Å². The van der Waals surface area contributed by atoms with E-state index in [0.29, 0.717) is 22.7 Å². The zero-order valence-electron chi connectivity index (χ0n) is 16.7. The third kappa shape index (κ3) is 4.28. The molecule has 1 N–H and O–H groups in total. The third-order valence-electron chi connectivity index (χ3n) is 5.22. The van der Waals surface area contributed by atoms with Crippen LogP contribution in [-0.4, -0.2) is 55.1 Å². The summed E-state index contributed by atoms with van der Waals surface area (Å²) >= 11 is 1.43. The van der Waals surface area contributed by atoms with E-state index in [9.17, 15) is 14.4 Å². The molecular formula is C22H23N3O4S. The van der Waals surface area contributed by atoms with Crippen LogP contribution in [0.5, 0.6) is 5.75 Å². The van der Waals surface area contributed by atoms with Gasteiger partial charge in [0.2, 0.25) is 11.8 Å². The number of benzene rings is 2. The van der Waals surface area contributed by atoms with E-state index in [1.807, 2.05) is 11.0 Å². The molecule has 0 unspecified atom stereocenters. The molecule has 1 fully saturated rings. The van der Waals surface area contributed by atoms with Crippen LogP contribution in [0.15, 0.2) is 47.4 Å². The van der Waals surface area contributed by atoms with Gasteiger partial charge in [0.25, 0.3) is 5.91 Å². The minimum Gasteiger partial charge on any atom is -0.497 e. The second-order valence-electron chi connectivity index (χ2n) is 7.23. The smallest absolute Gasteiger partial charge is 0.253 e. The highest BCUT2D eigenvalue weighted by Crippen LogP contribution is 2.36. The van der Waals surface area contributed by atoms with Crippen LogP contribution in [0.3, 0.4) is 0 Å². The lowest BCUT2D eigenvalue weighted by Crippen LogP contribution is -2.41. The van der Waals surface area contributed by atoms with E-state index in [-0.39, 0.29) is 30.0 Å². The summed E-state index contributed by atoms with van der Waals surface area (Å²) in [5, 5.41) is 2.80. The number of carbonyl (C=O) groups excluding carboxylic acids is 3. The van der Waals surface area contributed by atoms with Crippen molar-refractivity contribution in [3.63, 3.8) is 0 Å². The van der Waals surface area contributed by atoms with Crippen molar-refractivity contribution in [1.82, 2.24) is 4.90 Å². The molecule has 2 heterocycles. The van der Waals surface area contributed by atoms with Gasteiger partial charge in [0.05, 0.1) is 18.6 Å². The molecule has 8 heteroatoms. The molecule has 3 amide bonds. The number of anilines is 2. The predicted molar refractivity (Wildman–Crippen MR) is 116 cm³/mol. The molecule has 1 saturated heterocycles. The van der Waals surface area contributed by atoms with E-state index in [1.54, 1.807) is 43.5 Å². The van der Waals surface area contributed by atoms with Gasteiger partial charge in [-0.3, -0.25) is 14.4 Å². The molecule has 156 valence electrons. The number of amides is 3. The van der Waals surface area contributed by atoms with Gasteiger partial charge in [-0.1, -0.05) is 0 Å². The number of likely N-dealkylation sites (tertiary alicyclic amines) is 1. The lowest BCUT2D eigenvalue weighted by atomic mass is 10.1. The quantitative estimate of drug-likeness (QED) is 0.797. The van der Waals surface area contributed by atoms with Crippen LogP contribution in [0, 0.1) is 0 Å². The summed E-state index contributed by atoms with van der Waals surface area (Å²) in [6.45, 7) is 1.41. The molecule has 0 saturated carbocycles.